The van der Waals surface area contributed by atoms with E-state index in [-0.39, 0.29) is 11.6 Å². The molecule has 0 spiro atoms. The topological polar surface area (TPSA) is 177 Å². The number of hydrogen-bond acceptors (Lipinski definition) is 10. The number of rotatable bonds is 10. The number of carbonyl (C=O) groups is 4. The normalized spacial score (nSPS) is 15.7. The lowest BCUT2D eigenvalue weighted by atomic mass is 10.1. The fourth-order valence-corrected chi connectivity index (χ4v) is 4.25. The second-order valence-electron chi connectivity index (χ2n) is 13.7. The van der Waals surface area contributed by atoms with Crippen LogP contribution in [0.4, 0.5) is 14.4 Å². The number of aromatic nitrogens is 3. The summed E-state index contributed by atoms with van der Waals surface area (Å²) in [7, 11) is 0. The molecule has 1 aliphatic heterocycles. The number of ether oxygens (including phenoxy) is 3. The van der Waals surface area contributed by atoms with E-state index in [9.17, 15) is 24.3 Å². The van der Waals surface area contributed by atoms with Gasteiger partial charge in [-0.3, -0.25) is 4.79 Å². The largest absolute Gasteiger partial charge is 0.444 e. The number of amides is 4. The fourth-order valence-electron chi connectivity index (χ4n) is 4.25. The molecule has 1 aromatic rings. The van der Waals surface area contributed by atoms with Gasteiger partial charge in [-0.2, -0.15) is 0 Å². The lowest BCUT2D eigenvalue weighted by Crippen LogP contribution is -2.53. The number of nitrogens with zero attached hydrogens (tertiary/aromatic N) is 5. The molecule has 3 N–H and O–H groups in total. The summed E-state index contributed by atoms with van der Waals surface area (Å²) in [4.78, 5) is 53.8. The Hall–Kier alpha value is -3.62. The van der Waals surface area contributed by atoms with Crippen molar-refractivity contribution >= 4 is 24.2 Å². The molecule has 0 aliphatic carbocycles. The molecular formula is C29H51N7O8. The number of unbranched alkanes of at least 4 members (excludes halogenated alkanes) is 1. The zero-order chi connectivity index (χ0) is 33.3. The van der Waals surface area contributed by atoms with Gasteiger partial charge in [-0.25, -0.2) is 19.1 Å². The third kappa shape index (κ3) is 12.9. The van der Waals surface area contributed by atoms with Crippen LogP contribution in [0.15, 0.2) is 6.20 Å². The Morgan fingerprint density at radius 1 is 0.841 bits per heavy atom. The molecule has 0 radical (unpaired) electrons. The van der Waals surface area contributed by atoms with Gasteiger partial charge in [-0.05, 0) is 81.6 Å². The van der Waals surface area contributed by atoms with Gasteiger partial charge in [0.15, 0.2) is 0 Å². The zero-order valence-corrected chi connectivity index (χ0v) is 27.6. The van der Waals surface area contributed by atoms with E-state index in [0.717, 1.165) is 0 Å². The summed E-state index contributed by atoms with van der Waals surface area (Å²) < 4.78 is 17.4. The fraction of sp³-hybridized carbons (Fsp3) is 0.793. The van der Waals surface area contributed by atoms with Crippen molar-refractivity contribution in [3.63, 3.8) is 0 Å². The predicted octanol–water partition coefficient (Wildman–Crippen LogP) is 3.15. The molecule has 44 heavy (non-hydrogen) atoms. The zero-order valence-electron chi connectivity index (χ0n) is 27.6. The number of nitrogens with one attached hydrogen (secondary N) is 2. The van der Waals surface area contributed by atoms with Crippen LogP contribution < -0.4 is 10.6 Å². The maximum absolute atomic E-state index is 13.8. The molecule has 2 rings (SSSR count). The van der Waals surface area contributed by atoms with Gasteiger partial charge in [0.1, 0.15) is 34.6 Å². The quantitative estimate of drug-likeness (QED) is 0.258. The van der Waals surface area contributed by atoms with Gasteiger partial charge in [0.05, 0.1) is 12.8 Å². The summed E-state index contributed by atoms with van der Waals surface area (Å²) >= 11 is 0. The van der Waals surface area contributed by atoms with Gasteiger partial charge in [0.25, 0.3) is 0 Å². The molecule has 1 aromatic heterocycles. The minimum absolute atomic E-state index is 0.203. The maximum atomic E-state index is 13.8. The predicted molar refractivity (Wildman–Crippen MR) is 161 cm³/mol. The number of alkyl carbamates (subject to hydrolysis) is 2. The van der Waals surface area contributed by atoms with Gasteiger partial charge in [0.2, 0.25) is 5.91 Å². The Morgan fingerprint density at radius 2 is 1.39 bits per heavy atom. The highest BCUT2D eigenvalue weighted by atomic mass is 16.6. The van der Waals surface area contributed by atoms with Crippen molar-refractivity contribution < 1.29 is 38.5 Å². The first kappa shape index (κ1) is 36.6. The van der Waals surface area contributed by atoms with Crippen LogP contribution in [0.3, 0.4) is 0 Å². The monoisotopic (exact) mass is 625 g/mol. The van der Waals surface area contributed by atoms with Crippen LogP contribution in [-0.2, 0) is 19.0 Å². The lowest BCUT2D eigenvalue weighted by molar-refractivity contribution is -0.137. The molecule has 1 unspecified atom stereocenters. The molecule has 2 atom stereocenters. The third-order valence-electron chi connectivity index (χ3n) is 6.18. The van der Waals surface area contributed by atoms with E-state index in [2.05, 4.69) is 20.9 Å². The number of piperazine rings is 1. The van der Waals surface area contributed by atoms with Gasteiger partial charge < -0.3 is 39.8 Å². The van der Waals surface area contributed by atoms with E-state index in [4.69, 9.17) is 14.2 Å². The van der Waals surface area contributed by atoms with Crippen LogP contribution in [0.5, 0.6) is 0 Å². The lowest BCUT2D eigenvalue weighted by Gasteiger charge is -2.37. The summed E-state index contributed by atoms with van der Waals surface area (Å²) in [5.74, 6) is -0.203. The standard InChI is InChI=1S/C29H51N7O8/c1-27(2,3)42-24(39)30-13-11-10-12-22(23(38)34-14-16-35(17-15-34)26(41)44-29(7,8)9)36-18-20(32-33-36)21(19-37)31-25(40)43-28(4,5)6/h18,21-22,37H,10-17,19H2,1-9H3,(H,30,39)(H,31,40)/t21?,22-/m0/s1. The molecular weight excluding hydrogens is 574 g/mol. The number of aliphatic hydroxyl groups excluding tert-OH is 1. The van der Waals surface area contributed by atoms with Crippen LogP contribution >= 0.6 is 0 Å². The molecule has 0 aromatic carbocycles. The Labute approximate surface area is 259 Å². The van der Waals surface area contributed by atoms with E-state index in [0.29, 0.717) is 52.0 Å². The minimum Gasteiger partial charge on any atom is -0.444 e. The summed E-state index contributed by atoms with van der Waals surface area (Å²) in [6.45, 7) is 17.1. The highest BCUT2D eigenvalue weighted by molar-refractivity contribution is 5.81. The van der Waals surface area contributed by atoms with E-state index in [1.54, 1.807) is 72.1 Å². The van der Waals surface area contributed by atoms with Crippen LogP contribution in [0.25, 0.3) is 0 Å². The summed E-state index contributed by atoms with van der Waals surface area (Å²) in [5, 5.41) is 23.5. The van der Waals surface area contributed by atoms with Crippen molar-refractivity contribution in [1.29, 1.82) is 0 Å². The molecule has 0 saturated carbocycles. The Balaban J connectivity index is 2.12. The molecule has 1 fully saturated rings. The Bertz CT molecular complexity index is 1110. The smallest absolute Gasteiger partial charge is 0.410 e. The second-order valence-corrected chi connectivity index (χ2v) is 13.7. The molecule has 250 valence electrons. The third-order valence-corrected chi connectivity index (χ3v) is 6.18. The van der Waals surface area contributed by atoms with Gasteiger partial charge >= 0.3 is 18.3 Å². The van der Waals surface area contributed by atoms with E-state index in [1.165, 1.54) is 10.9 Å². The molecule has 15 heteroatoms. The highest BCUT2D eigenvalue weighted by Gasteiger charge is 2.33. The van der Waals surface area contributed by atoms with Crippen LogP contribution in [0.2, 0.25) is 0 Å². The van der Waals surface area contributed by atoms with Crippen molar-refractivity contribution in [2.75, 3.05) is 39.3 Å². The Morgan fingerprint density at radius 3 is 1.93 bits per heavy atom. The second kappa shape index (κ2) is 15.4. The van der Waals surface area contributed by atoms with E-state index >= 15 is 0 Å². The summed E-state index contributed by atoms with van der Waals surface area (Å²) in [6.07, 6.45) is 1.40. The summed E-state index contributed by atoms with van der Waals surface area (Å²) in [6, 6.07) is -1.64. The van der Waals surface area contributed by atoms with Gasteiger partial charge in [-0.15, -0.1) is 5.10 Å². The maximum Gasteiger partial charge on any atom is 0.410 e. The van der Waals surface area contributed by atoms with Crippen molar-refractivity contribution in [1.82, 2.24) is 35.4 Å². The number of aliphatic hydroxyl groups is 1. The van der Waals surface area contributed by atoms with Gasteiger partial charge in [0, 0.05) is 32.7 Å². The first-order valence-corrected chi connectivity index (χ1v) is 15.0. The van der Waals surface area contributed by atoms with Crippen molar-refractivity contribution in [3.05, 3.63) is 11.9 Å². The SMILES string of the molecule is CC(C)(C)OC(=O)NCCCC[C@@H](C(=O)N1CCN(C(=O)OC(C)(C)C)CC1)n1cc(C(CO)NC(=O)OC(C)(C)C)nn1. The van der Waals surface area contributed by atoms with Crippen molar-refractivity contribution in [2.24, 2.45) is 0 Å². The Kier molecular flexibility index (Phi) is 12.8. The first-order chi connectivity index (χ1) is 20.3. The average Bonchev–Trinajstić information content (AvgIpc) is 3.35. The van der Waals surface area contributed by atoms with E-state index < -0.39 is 53.8 Å². The first-order valence-electron chi connectivity index (χ1n) is 15.0. The number of hydrogen-bond donors (Lipinski definition) is 3. The highest BCUT2D eigenvalue weighted by Crippen LogP contribution is 2.22. The molecule has 1 aliphatic rings. The van der Waals surface area contributed by atoms with Gasteiger partial charge in [-0.1, -0.05) is 5.21 Å². The van der Waals surface area contributed by atoms with Crippen LogP contribution in [0.1, 0.15) is 99.4 Å². The molecule has 1 saturated heterocycles. The average molecular weight is 626 g/mol. The van der Waals surface area contributed by atoms with Crippen molar-refractivity contribution in [2.45, 2.75) is 110 Å². The van der Waals surface area contributed by atoms with E-state index in [1.807, 2.05) is 0 Å². The summed E-state index contributed by atoms with van der Waals surface area (Å²) in [5.41, 5.74) is -1.70. The molecule has 15 nitrogen and oxygen atoms in total. The van der Waals surface area contributed by atoms with Crippen LogP contribution in [0, 0.1) is 0 Å². The number of carbonyl (C=O) groups excluding carboxylic acids is 4. The molecule has 0 bridgehead atoms. The van der Waals surface area contributed by atoms with Crippen molar-refractivity contribution in [3.8, 4) is 0 Å². The van der Waals surface area contributed by atoms with Crippen LogP contribution in [-0.4, -0.2) is 110 Å². The molecule has 4 amide bonds. The molecule has 2 heterocycles. The minimum atomic E-state index is -0.898.